The highest BCUT2D eigenvalue weighted by atomic mass is 16.1. The highest BCUT2D eigenvalue weighted by Gasteiger charge is 2.04. The zero-order valence-corrected chi connectivity index (χ0v) is 12.9. The maximum absolute atomic E-state index is 12.0. The molecular weight excluding hydrogens is 298 g/mol. The molecule has 1 amide bonds. The third-order valence-corrected chi connectivity index (χ3v) is 3.86. The molecule has 4 heteroatoms. The second-order valence-corrected chi connectivity index (χ2v) is 5.51. The number of hydrogen-bond donors (Lipinski definition) is 2. The molecule has 2 N–H and O–H groups in total. The minimum Gasteiger partial charge on any atom is -0.353 e. The number of benzene rings is 2. The molecule has 2 aromatic heterocycles. The lowest BCUT2D eigenvalue weighted by Crippen LogP contribution is -2.07. The van der Waals surface area contributed by atoms with Crippen LogP contribution >= 0.6 is 0 Å². The topological polar surface area (TPSA) is 57.8 Å². The molecule has 0 radical (unpaired) electrons. The van der Waals surface area contributed by atoms with Crippen molar-refractivity contribution in [1.82, 2.24) is 9.97 Å². The van der Waals surface area contributed by atoms with Crippen LogP contribution in [0.3, 0.4) is 0 Å². The molecule has 4 aromatic rings. The Morgan fingerprint density at radius 3 is 2.62 bits per heavy atom. The molecule has 4 nitrogen and oxygen atoms in total. The fourth-order valence-corrected chi connectivity index (χ4v) is 2.72. The van der Waals surface area contributed by atoms with Gasteiger partial charge in [-0.25, -0.2) is 0 Å². The van der Waals surface area contributed by atoms with Crippen molar-refractivity contribution in [2.24, 2.45) is 0 Å². The maximum Gasteiger partial charge on any atom is 0.248 e. The van der Waals surface area contributed by atoms with Gasteiger partial charge in [0.25, 0.3) is 0 Å². The normalized spacial score (nSPS) is 11.3. The minimum atomic E-state index is -0.179. The van der Waals surface area contributed by atoms with Crippen molar-refractivity contribution >= 4 is 39.5 Å². The van der Waals surface area contributed by atoms with Crippen molar-refractivity contribution in [1.29, 1.82) is 0 Å². The average Bonchev–Trinajstić information content (AvgIpc) is 2.99. The number of hydrogen-bond acceptors (Lipinski definition) is 2. The number of nitrogens with one attached hydrogen (secondary N) is 2. The SMILES string of the molecule is O=C(/C=C/c1cc2c(cn1)[nH]c1ccccc12)Nc1ccccc1. The summed E-state index contributed by atoms with van der Waals surface area (Å²) < 4.78 is 0. The zero-order valence-electron chi connectivity index (χ0n) is 12.9. The Hall–Kier alpha value is -3.40. The van der Waals surface area contributed by atoms with Gasteiger partial charge in [-0.05, 0) is 30.3 Å². The van der Waals surface area contributed by atoms with Gasteiger partial charge in [0.15, 0.2) is 0 Å². The molecule has 2 heterocycles. The molecule has 116 valence electrons. The number of fused-ring (bicyclic) bond motifs is 3. The number of carbonyl (C=O) groups excluding carboxylic acids is 1. The number of rotatable bonds is 3. The quantitative estimate of drug-likeness (QED) is 0.552. The molecule has 0 aliphatic rings. The van der Waals surface area contributed by atoms with Gasteiger partial charge in [-0.3, -0.25) is 9.78 Å². The first-order chi connectivity index (χ1) is 11.8. The highest BCUT2D eigenvalue weighted by Crippen LogP contribution is 2.25. The predicted octanol–water partition coefficient (Wildman–Crippen LogP) is 4.37. The maximum atomic E-state index is 12.0. The van der Waals surface area contributed by atoms with E-state index < -0.39 is 0 Å². The van der Waals surface area contributed by atoms with E-state index in [1.807, 2.05) is 54.6 Å². The summed E-state index contributed by atoms with van der Waals surface area (Å²) in [5, 5.41) is 5.07. The summed E-state index contributed by atoms with van der Waals surface area (Å²) in [6, 6.07) is 19.5. The molecule has 0 aliphatic heterocycles. The van der Waals surface area contributed by atoms with Gasteiger partial charge in [0.1, 0.15) is 0 Å². The second kappa shape index (κ2) is 6.01. The average molecular weight is 313 g/mol. The highest BCUT2D eigenvalue weighted by molar-refractivity contribution is 6.07. The van der Waals surface area contributed by atoms with Gasteiger partial charge in [0.2, 0.25) is 5.91 Å². The Kier molecular flexibility index (Phi) is 3.56. The van der Waals surface area contributed by atoms with Gasteiger partial charge in [-0.1, -0.05) is 36.4 Å². The van der Waals surface area contributed by atoms with E-state index in [1.165, 1.54) is 6.08 Å². The molecule has 0 saturated carbocycles. The second-order valence-electron chi connectivity index (χ2n) is 5.51. The predicted molar refractivity (Wildman–Crippen MR) is 97.7 cm³/mol. The van der Waals surface area contributed by atoms with Crippen LogP contribution in [0.15, 0.2) is 72.9 Å². The van der Waals surface area contributed by atoms with Gasteiger partial charge in [-0.2, -0.15) is 0 Å². The van der Waals surface area contributed by atoms with Gasteiger partial charge in [0.05, 0.1) is 17.4 Å². The lowest BCUT2D eigenvalue weighted by Gasteiger charge is -2.00. The van der Waals surface area contributed by atoms with Gasteiger partial charge in [0, 0.05) is 28.1 Å². The van der Waals surface area contributed by atoms with Crippen molar-refractivity contribution in [3.63, 3.8) is 0 Å². The Labute approximate surface area is 138 Å². The summed E-state index contributed by atoms with van der Waals surface area (Å²) in [5.41, 5.74) is 3.59. The number of amides is 1. The van der Waals surface area contributed by atoms with Gasteiger partial charge in [-0.15, -0.1) is 0 Å². The third-order valence-electron chi connectivity index (χ3n) is 3.86. The largest absolute Gasteiger partial charge is 0.353 e. The number of H-pyrrole nitrogens is 1. The fourth-order valence-electron chi connectivity index (χ4n) is 2.72. The fraction of sp³-hybridized carbons (Fsp3) is 0. The molecule has 0 saturated heterocycles. The summed E-state index contributed by atoms with van der Waals surface area (Å²) in [5.74, 6) is -0.179. The number of carbonyl (C=O) groups is 1. The van der Waals surface area contributed by atoms with Crippen molar-refractivity contribution < 1.29 is 4.79 Å². The van der Waals surface area contributed by atoms with Crippen LogP contribution in [0.4, 0.5) is 5.69 Å². The summed E-state index contributed by atoms with van der Waals surface area (Å²) in [4.78, 5) is 19.7. The molecule has 2 aromatic carbocycles. The van der Waals surface area contributed by atoms with Crippen molar-refractivity contribution in [3.8, 4) is 0 Å². The van der Waals surface area contributed by atoms with E-state index in [9.17, 15) is 4.79 Å². The number of aromatic nitrogens is 2. The number of nitrogens with zero attached hydrogens (tertiary/aromatic N) is 1. The van der Waals surface area contributed by atoms with E-state index in [4.69, 9.17) is 0 Å². The number of para-hydroxylation sites is 2. The van der Waals surface area contributed by atoms with Crippen LogP contribution in [0.1, 0.15) is 5.69 Å². The Bertz CT molecular complexity index is 1050. The third kappa shape index (κ3) is 2.77. The number of aromatic amines is 1. The Morgan fingerprint density at radius 1 is 0.958 bits per heavy atom. The molecule has 0 bridgehead atoms. The van der Waals surface area contributed by atoms with Crippen molar-refractivity contribution in [2.75, 3.05) is 5.32 Å². The molecule has 24 heavy (non-hydrogen) atoms. The summed E-state index contributed by atoms with van der Waals surface area (Å²) in [6.07, 6.45) is 5.01. The van der Waals surface area contributed by atoms with E-state index in [0.29, 0.717) is 0 Å². The van der Waals surface area contributed by atoms with E-state index in [-0.39, 0.29) is 5.91 Å². The lowest BCUT2D eigenvalue weighted by atomic mass is 10.1. The molecule has 0 unspecified atom stereocenters. The van der Waals surface area contributed by atoms with Crippen LogP contribution in [0.25, 0.3) is 27.9 Å². The van der Waals surface area contributed by atoms with E-state index >= 15 is 0 Å². The lowest BCUT2D eigenvalue weighted by molar-refractivity contribution is -0.111. The Balaban J connectivity index is 1.60. The zero-order chi connectivity index (χ0) is 16.4. The Morgan fingerprint density at radius 2 is 1.75 bits per heavy atom. The summed E-state index contributed by atoms with van der Waals surface area (Å²) >= 11 is 0. The first-order valence-electron chi connectivity index (χ1n) is 7.70. The first kappa shape index (κ1) is 14.2. The van der Waals surface area contributed by atoms with Crippen LogP contribution in [0.2, 0.25) is 0 Å². The van der Waals surface area contributed by atoms with E-state index in [2.05, 4.69) is 21.4 Å². The molecule has 0 aliphatic carbocycles. The van der Waals surface area contributed by atoms with Crippen LogP contribution in [0.5, 0.6) is 0 Å². The molecule has 4 rings (SSSR count). The van der Waals surface area contributed by atoms with Crippen LogP contribution in [-0.2, 0) is 4.79 Å². The molecule has 0 fully saturated rings. The smallest absolute Gasteiger partial charge is 0.248 e. The molecular formula is C20H15N3O. The van der Waals surface area contributed by atoms with Crippen LogP contribution < -0.4 is 5.32 Å². The number of pyridine rings is 1. The van der Waals surface area contributed by atoms with Gasteiger partial charge < -0.3 is 10.3 Å². The van der Waals surface area contributed by atoms with Crippen LogP contribution in [-0.4, -0.2) is 15.9 Å². The summed E-state index contributed by atoms with van der Waals surface area (Å²) in [6.45, 7) is 0. The van der Waals surface area contributed by atoms with Gasteiger partial charge >= 0.3 is 0 Å². The van der Waals surface area contributed by atoms with Crippen LogP contribution in [0, 0.1) is 0 Å². The number of anilines is 1. The molecule has 0 atom stereocenters. The van der Waals surface area contributed by atoms with Crippen molar-refractivity contribution in [3.05, 3.63) is 78.6 Å². The summed E-state index contributed by atoms with van der Waals surface area (Å²) in [7, 11) is 0. The van der Waals surface area contributed by atoms with E-state index in [1.54, 1.807) is 12.3 Å². The standard InChI is InChI=1S/C20H15N3O/c24-20(22-14-6-2-1-3-7-14)11-10-15-12-17-16-8-4-5-9-18(16)23-19(17)13-21-15/h1-13,23H,(H,22,24)/b11-10+. The monoisotopic (exact) mass is 313 g/mol. The first-order valence-corrected chi connectivity index (χ1v) is 7.70. The van der Waals surface area contributed by atoms with Crippen molar-refractivity contribution in [2.45, 2.75) is 0 Å². The minimum absolute atomic E-state index is 0.179. The molecule has 0 spiro atoms. The van der Waals surface area contributed by atoms with E-state index in [0.717, 1.165) is 33.2 Å².